The van der Waals surface area contributed by atoms with Gasteiger partial charge in [-0.2, -0.15) is 5.10 Å². The van der Waals surface area contributed by atoms with Crippen molar-refractivity contribution in [2.24, 2.45) is 12.0 Å². The molecular formula is C20H30FN7. The smallest absolute Gasteiger partial charge is 0.191 e. The number of guanidine groups is 1. The zero-order valence-electron chi connectivity index (χ0n) is 17.2. The molecule has 0 bridgehead atoms. The summed E-state index contributed by atoms with van der Waals surface area (Å²) in [6, 6.07) is 3.26. The standard InChI is InChI=1S/C20H30FN7/c1-5-17-15(18(6-2)27(4)26-17)12-24-20(22-3)25-14-9-11-28(13-14)19-16(21)8-7-10-23-19/h7-8,10,14H,5-6,9,11-13H2,1-4H3,(H2,22,24,25). The van der Waals surface area contributed by atoms with Crippen molar-refractivity contribution in [3.8, 4) is 0 Å². The molecule has 8 heteroatoms. The lowest BCUT2D eigenvalue weighted by molar-refractivity contribution is 0.612. The normalized spacial score (nSPS) is 17.2. The summed E-state index contributed by atoms with van der Waals surface area (Å²) in [4.78, 5) is 10.5. The highest BCUT2D eigenvalue weighted by molar-refractivity contribution is 5.80. The topological polar surface area (TPSA) is 70.4 Å². The zero-order valence-corrected chi connectivity index (χ0v) is 17.2. The molecule has 2 aromatic heterocycles. The Hall–Kier alpha value is -2.64. The molecule has 1 saturated heterocycles. The first-order valence-electron chi connectivity index (χ1n) is 9.93. The number of pyridine rings is 1. The van der Waals surface area contributed by atoms with E-state index in [0.29, 0.717) is 18.9 Å². The lowest BCUT2D eigenvalue weighted by Gasteiger charge is -2.20. The molecule has 7 nitrogen and oxygen atoms in total. The van der Waals surface area contributed by atoms with Gasteiger partial charge in [0.25, 0.3) is 0 Å². The molecule has 1 aliphatic heterocycles. The van der Waals surface area contributed by atoms with E-state index >= 15 is 0 Å². The minimum atomic E-state index is -0.276. The van der Waals surface area contributed by atoms with Crippen LogP contribution < -0.4 is 15.5 Å². The predicted molar refractivity (Wildman–Crippen MR) is 110 cm³/mol. The van der Waals surface area contributed by atoms with Gasteiger partial charge in [0, 0.05) is 57.2 Å². The minimum Gasteiger partial charge on any atom is -0.352 e. The zero-order chi connectivity index (χ0) is 20.1. The van der Waals surface area contributed by atoms with E-state index in [-0.39, 0.29) is 11.9 Å². The quantitative estimate of drug-likeness (QED) is 0.586. The third kappa shape index (κ3) is 4.26. The fourth-order valence-electron chi connectivity index (χ4n) is 3.83. The van der Waals surface area contributed by atoms with Crippen LogP contribution in [0.3, 0.4) is 0 Å². The largest absolute Gasteiger partial charge is 0.352 e. The Labute approximate surface area is 166 Å². The Morgan fingerprint density at radius 1 is 1.36 bits per heavy atom. The van der Waals surface area contributed by atoms with Crippen LogP contribution >= 0.6 is 0 Å². The maximum absolute atomic E-state index is 14.0. The molecule has 3 rings (SSSR count). The Morgan fingerprint density at radius 3 is 2.86 bits per heavy atom. The Balaban J connectivity index is 1.60. The van der Waals surface area contributed by atoms with Gasteiger partial charge in [-0.05, 0) is 31.4 Å². The second-order valence-electron chi connectivity index (χ2n) is 7.01. The van der Waals surface area contributed by atoms with Crippen LogP contribution in [-0.4, -0.2) is 46.9 Å². The average Bonchev–Trinajstić information content (AvgIpc) is 3.28. The summed E-state index contributed by atoms with van der Waals surface area (Å²) in [5.41, 5.74) is 3.62. The van der Waals surface area contributed by atoms with Crippen LogP contribution in [0.15, 0.2) is 23.3 Å². The highest BCUT2D eigenvalue weighted by atomic mass is 19.1. The fourth-order valence-corrected chi connectivity index (χ4v) is 3.83. The summed E-state index contributed by atoms with van der Waals surface area (Å²) in [7, 11) is 3.77. The molecular weight excluding hydrogens is 357 g/mol. The molecule has 1 atom stereocenters. The third-order valence-corrected chi connectivity index (χ3v) is 5.25. The molecule has 1 unspecified atom stereocenters. The molecule has 28 heavy (non-hydrogen) atoms. The maximum atomic E-state index is 14.0. The Bertz CT molecular complexity index is 830. The first kappa shape index (κ1) is 20.1. The second-order valence-corrected chi connectivity index (χ2v) is 7.01. The van der Waals surface area contributed by atoms with E-state index in [4.69, 9.17) is 0 Å². The van der Waals surface area contributed by atoms with Crippen molar-refractivity contribution in [1.82, 2.24) is 25.4 Å². The van der Waals surface area contributed by atoms with Gasteiger partial charge in [-0.15, -0.1) is 0 Å². The highest BCUT2D eigenvalue weighted by Crippen LogP contribution is 2.21. The van der Waals surface area contributed by atoms with Crippen LogP contribution in [0.2, 0.25) is 0 Å². The van der Waals surface area contributed by atoms with Crippen molar-refractivity contribution in [3.63, 3.8) is 0 Å². The number of hydrogen-bond acceptors (Lipinski definition) is 4. The van der Waals surface area contributed by atoms with Crippen LogP contribution in [0.4, 0.5) is 10.2 Å². The van der Waals surface area contributed by atoms with E-state index in [1.165, 1.54) is 17.3 Å². The van der Waals surface area contributed by atoms with E-state index in [1.54, 1.807) is 19.3 Å². The van der Waals surface area contributed by atoms with Gasteiger partial charge in [-0.25, -0.2) is 9.37 Å². The van der Waals surface area contributed by atoms with Gasteiger partial charge in [0.05, 0.1) is 5.69 Å². The number of hydrogen-bond donors (Lipinski definition) is 2. The van der Waals surface area contributed by atoms with Crippen LogP contribution in [0.25, 0.3) is 0 Å². The van der Waals surface area contributed by atoms with E-state index in [2.05, 4.69) is 39.6 Å². The second kappa shape index (κ2) is 9.03. The lowest BCUT2D eigenvalue weighted by Crippen LogP contribution is -2.44. The SMILES string of the molecule is CCc1nn(C)c(CC)c1CNC(=NC)NC1CCN(c2ncccc2F)C1. The molecule has 0 saturated carbocycles. The van der Waals surface area contributed by atoms with Gasteiger partial charge >= 0.3 is 0 Å². The molecule has 0 amide bonds. The number of rotatable bonds is 6. The summed E-state index contributed by atoms with van der Waals surface area (Å²) >= 11 is 0. The van der Waals surface area contributed by atoms with Crippen LogP contribution in [0.1, 0.15) is 37.2 Å². The van der Waals surface area contributed by atoms with Gasteiger partial charge in [0.15, 0.2) is 17.6 Å². The third-order valence-electron chi connectivity index (χ3n) is 5.25. The number of aliphatic imine (C=N–C) groups is 1. The summed E-state index contributed by atoms with van der Waals surface area (Å²) < 4.78 is 16.0. The monoisotopic (exact) mass is 387 g/mol. The van der Waals surface area contributed by atoms with Gasteiger partial charge in [-0.1, -0.05) is 13.8 Å². The number of aryl methyl sites for hydroxylation is 2. The number of aromatic nitrogens is 3. The molecule has 0 aromatic carbocycles. The van der Waals surface area contributed by atoms with Gasteiger partial charge in [0.1, 0.15) is 0 Å². The summed E-state index contributed by atoms with van der Waals surface area (Å²) in [6.45, 7) is 6.43. The number of anilines is 1. The Morgan fingerprint density at radius 2 is 2.18 bits per heavy atom. The van der Waals surface area contributed by atoms with Crippen molar-refractivity contribution in [2.75, 3.05) is 25.0 Å². The number of halogens is 1. The molecule has 3 heterocycles. The van der Waals surface area contributed by atoms with Crippen LogP contribution in [0, 0.1) is 5.82 Å². The van der Waals surface area contributed by atoms with Crippen molar-refractivity contribution in [3.05, 3.63) is 41.1 Å². The van der Waals surface area contributed by atoms with Crippen molar-refractivity contribution in [2.45, 2.75) is 45.7 Å². The summed E-state index contributed by atoms with van der Waals surface area (Å²) in [5, 5.41) is 11.5. The molecule has 2 N–H and O–H groups in total. The molecule has 1 aliphatic rings. The van der Waals surface area contributed by atoms with Gasteiger partial charge in [-0.3, -0.25) is 9.67 Å². The predicted octanol–water partition coefficient (Wildman–Crippen LogP) is 2.02. The summed E-state index contributed by atoms with van der Waals surface area (Å²) in [5.74, 6) is 0.896. The Kier molecular flexibility index (Phi) is 6.49. The van der Waals surface area contributed by atoms with Gasteiger partial charge in [0.2, 0.25) is 0 Å². The first-order chi connectivity index (χ1) is 13.6. The van der Waals surface area contributed by atoms with Crippen molar-refractivity contribution < 1.29 is 4.39 Å². The number of nitrogens with zero attached hydrogens (tertiary/aromatic N) is 5. The fraction of sp³-hybridized carbons (Fsp3) is 0.550. The van der Waals surface area contributed by atoms with Crippen molar-refractivity contribution >= 4 is 11.8 Å². The van der Waals surface area contributed by atoms with Crippen molar-refractivity contribution in [1.29, 1.82) is 0 Å². The molecule has 2 aromatic rings. The first-order valence-corrected chi connectivity index (χ1v) is 9.93. The van der Waals surface area contributed by atoms with Crippen LogP contribution in [0.5, 0.6) is 0 Å². The average molecular weight is 388 g/mol. The number of nitrogens with one attached hydrogen (secondary N) is 2. The van der Waals surface area contributed by atoms with Gasteiger partial charge < -0.3 is 15.5 Å². The molecule has 0 radical (unpaired) electrons. The maximum Gasteiger partial charge on any atom is 0.191 e. The molecule has 0 aliphatic carbocycles. The lowest BCUT2D eigenvalue weighted by atomic mass is 10.1. The molecule has 1 fully saturated rings. The molecule has 152 valence electrons. The molecule has 0 spiro atoms. The van der Waals surface area contributed by atoms with Crippen LogP contribution in [-0.2, 0) is 26.4 Å². The van der Waals surface area contributed by atoms with E-state index in [9.17, 15) is 4.39 Å². The van der Waals surface area contributed by atoms with E-state index in [1.807, 2.05) is 16.6 Å². The highest BCUT2D eigenvalue weighted by Gasteiger charge is 2.26. The minimum absolute atomic E-state index is 0.192. The van der Waals surface area contributed by atoms with E-state index < -0.39 is 0 Å². The van der Waals surface area contributed by atoms with E-state index in [0.717, 1.165) is 37.5 Å². The summed E-state index contributed by atoms with van der Waals surface area (Å²) in [6.07, 6.45) is 4.39.